The highest BCUT2D eigenvalue weighted by Gasteiger charge is 2.40. The maximum atomic E-state index is 4.35. The molecule has 1 aromatic carbocycles. The second-order valence-electron chi connectivity index (χ2n) is 7.60. The Kier molecular flexibility index (Phi) is 3.76. The van der Waals surface area contributed by atoms with E-state index in [1.807, 2.05) is 12.5 Å². The quantitative estimate of drug-likeness (QED) is 0.856. The summed E-state index contributed by atoms with van der Waals surface area (Å²) < 4.78 is 2.30. The monoisotopic (exact) mass is 309 g/mol. The van der Waals surface area contributed by atoms with Crippen LogP contribution in [0.3, 0.4) is 0 Å². The topological polar surface area (TPSA) is 21.1 Å². The molecule has 2 heterocycles. The van der Waals surface area contributed by atoms with E-state index >= 15 is 0 Å². The van der Waals surface area contributed by atoms with Gasteiger partial charge < -0.3 is 4.57 Å². The zero-order chi connectivity index (χ0) is 15.9. The summed E-state index contributed by atoms with van der Waals surface area (Å²) in [7, 11) is 0. The molecule has 122 valence electrons. The van der Waals surface area contributed by atoms with Crippen LogP contribution >= 0.6 is 0 Å². The van der Waals surface area contributed by atoms with Crippen molar-refractivity contribution in [2.45, 2.75) is 57.5 Å². The molecule has 1 saturated heterocycles. The average Bonchev–Trinajstić information content (AvgIpc) is 3.16. The summed E-state index contributed by atoms with van der Waals surface area (Å²) in [6.45, 7) is 7.91. The van der Waals surface area contributed by atoms with Crippen LogP contribution < -0.4 is 0 Å². The third-order valence-electron chi connectivity index (χ3n) is 5.96. The molecule has 1 spiro atoms. The first kappa shape index (κ1) is 14.9. The zero-order valence-electron chi connectivity index (χ0n) is 14.3. The Hall–Kier alpha value is -1.61. The lowest BCUT2D eigenvalue weighted by Crippen LogP contribution is -2.41. The summed E-state index contributed by atoms with van der Waals surface area (Å²) in [5.41, 5.74) is 5.05. The maximum Gasteiger partial charge on any atom is 0.0951 e. The molecule has 1 aliphatic heterocycles. The Balaban J connectivity index is 1.45. The second kappa shape index (κ2) is 5.79. The average molecular weight is 309 g/mol. The number of imidazole rings is 1. The Labute approximate surface area is 139 Å². The van der Waals surface area contributed by atoms with Gasteiger partial charge >= 0.3 is 0 Å². The van der Waals surface area contributed by atoms with E-state index in [1.165, 1.54) is 44.5 Å². The minimum absolute atomic E-state index is 0.464. The maximum absolute atomic E-state index is 4.35. The molecule has 1 aromatic heterocycles. The number of nitrogens with zero attached hydrogens (tertiary/aromatic N) is 3. The van der Waals surface area contributed by atoms with Crippen LogP contribution in [-0.2, 0) is 18.4 Å². The van der Waals surface area contributed by atoms with Crippen LogP contribution in [0.2, 0.25) is 0 Å². The molecule has 2 aliphatic rings. The standard InChI is InChI=1S/C20H27N3/c1-16(2)23-15-21-13-18(23)14-22-11-9-20(10-12-22)8-7-17-5-3-4-6-19(17)20/h3-6,13,15-16H,7-12,14H2,1-2H3. The molecule has 1 aliphatic carbocycles. The minimum atomic E-state index is 0.464. The van der Waals surface area contributed by atoms with Crippen molar-refractivity contribution in [3.8, 4) is 0 Å². The lowest BCUT2D eigenvalue weighted by Gasteiger charge is -2.40. The third kappa shape index (κ3) is 2.61. The molecule has 0 saturated carbocycles. The van der Waals surface area contributed by atoms with Gasteiger partial charge in [-0.2, -0.15) is 0 Å². The second-order valence-corrected chi connectivity index (χ2v) is 7.60. The summed E-state index contributed by atoms with van der Waals surface area (Å²) >= 11 is 0. The summed E-state index contributed by atoms with van der Waals surface area (Å²) in [5.74, 6) is 0. The van der Waals surface area contributed by atoms with Gasteiger partial charge in [0.2, 0.25) is 0 Å². The normalized spacial score (nSPS) is 20.3. The largest absolute Gasteiger partial charge is 0.331 e. The van der Waals surface area contributed by atoms with Crippen molar-refractivity contribution in [1.82, 2.24) is 14.5 Å². The summed E-state index contributed by atoms with van der Waals surface area (Å²) in [4.78, 5) is 6.96. The number of fused-ring (bicyclic) bond motifs is 2. The van der Waals surface area contributed by atoms with Gasteiger partial charge in [-0.1, -0.05) is 24.3 Å². The molecule has 0 unspecified atom stereocenters. The number of aryl methyl sites for hydroxylation is 1. The highest BCUT2D eigenvalue weighted by molar-refractivity contribution is 5.39. The fraction of sp³-hybridized carbons (Fsp3) is 0.550. The fourth-order valence-electron chi connectivity index (χ4n) is 4.57. The van der Waals surface area contributed by atoms with Crippen molar-refractivity contribution in [2.75, 3.05) is 13.1 Å². The van der Waals surface area contributed by atoms with E-state index in [1.54, 1.807) is 11.1 Å². The van der Waals surface area contributed by atoms with Crippen LogP contribution in [0.15, 0.2) is 36.8 Å². The number of hydrogen-bond acceptors (Lipinski definition) is 2. The van der Waals surface area contributed by atoms with E-state index in [-0.39, 0.29) is 0 Å². The number of piperidine rings is 1. The molecule has 0 bridgehead atoms. The fourth-order valence-corrected chi connectivity index (χ4v) is 4.57. The summed E-state index contributed by atoms with van der Waals surface area (Å²) in [6, 6.07) is 9.62. The van der Waals surface area contributed by atoms with Crippen molar-refractivity contribution in [3.63, 3.8) is 0 Å². The van der Waals surface area contributed by atoms with Gasteiger partial charge in [-0.25, -0.2) is 4.98 Å². The van der Waals surface area contributed by atoms with E-state index in [4.69, 9.17) is 0 Å². The van der Waals surface area contributed by atoms with E-state index in [2.05, 4.69) is 52.6 Å². The highest BCUT2D eigenvalue weighted by Crippen LogP contribution is 2.46. The number of benzene rings is 1. The molecular formula is C20H27N3. The van der Waals surface area contributed by atoms with Crippen molar-refractivity contribution in [1.29, 1.82) is 0 Å². The first-order valence-electron chi connectivity index (χ1n) is 8.99. The third-order valence-corrected chi connectivity index (χ3v) is 5.96. The van der Waals surface area contributed by atoms with Crippen LogP contribution in [0.5, 0.6) is 0 Å². The molecule has 1 fully saturated rings. The number of likely N-dealkylation sites (tertiary alicyclic amines) is 1. The summed E-state index contributed by atoms with van der Waals surface area (Å²) in [5, 5.41) is 0. The molecule has 3 nitrogen and oxygen atoms in total. The number of rotatable bonds is 3. The van der Waals surface area contributed by atoms with Crippen LogP contribution in [0, 0.1) is 0 Å². The van der Waals surface area contributed by atoms with E-state index in [0.29, 0.717) is 11.5 Å². The smallest absolute Gasteiger partial charge is 0.0951 e. The van der Waals surface area contributed by atoms with Crippen molar-refractivity contribution >= 4 is 0 Å². The van der Waals surface area contributed by atoms with Gasteiger partial charge in [0.15, 0.2) is 0 Å². The molecular weight excluding hydrogens is 282 g/mol. The van der Waals surface area contributed by atoms with Gasteiger partial charge in [-0.15, -0.1) is 0 Å². The van der Waals surface area contributed by atoms with Gasteiger partial charge in [0.1, 0.15) is 0 Å². The Bertz CT molecular complexity index is 678. The van der Waals surface area contributed by atoms with Crippen LogP contribution in [0.1, 0.15) is 56.0 Å². The lowest BCUT2D eigenvalue weighted by atomic mass is 9.74. The molecule has 0 radical (unpaired) electrons. The van der Waals surface area contributed by atoms with Crippen molar-refractivity contribution in [2.24, 2.45) is 0 Å². The molecule has 0 amide bonds. The molecule has 3 heteroatoms. The van der Waals surface area contributed by atoms with Gasteiger partial charge in [0.05, 0.1) is 12.0 Å². The first-order chi connectivity index (χ1) is 11.2. The van der Waals surface area contributed by atoms with Gasteiger partial charge in [0, 0.05) is 18.8 Å². The summed E-state index contributed by atoms with van der Waals surface area (Å²) in [6.07, 6.45) is 9.24. The Morgan fingerprint density at radius 3 is 2.70 bits per heavy atom. The Morgan fingerprint density at radius 1 is 1.13 bits per heavy atom. The lowest BCUT2D eigenvalue weighted by molar-refractivity contribution is 0.149. The minimum Gasteiger partial charge on any atom is -0.331 e. The predicted molar refractivity (Wildman–Crippen MR) is 93.6 cm³/mol. The van der Waals surface area contributed by atoms with Gasteiger partial charge in [-0.3, -0.25) is 4.90 Å². The molecule has 23 heavy (non-hydrogen) atoms. The van der Waals surface area contributed by atoms with Gasteiger partial charge in [-0.05, 0) is 69.2 Å². The molecule has 0 atom stereocenters. The van der Waals surface area contributed by atoms with Crippen molar-refractivity contribution < 1.29 is 0 Å². The molecule has 2 aromatic rings. The SMILES string of the molecule is CC(C)n1cncc1CN1CCC2(CCc3ccccc32)CC1. The number of hydrogen-bond donors (Lipinski definition) is 0. The molecule has 4 rings (SSSR count). The van der Waals surface area contributed by atoms with Crippen LogP contribution in [0.25, 0.3) is 0 Å². The van der Waals surface area contributed by atoms with Crippen LogP contribution in [-0.4, -0.2) is 27.5 Å². The predicted octanol–water partition coefficient (Wildman–Crippen LogP) is 3.94. The van der Waals surface area contributed by atoms with E-state index < -0.39 is 0 Å². The Morgan fingerprint density at radius 2 is 1.91 bits per heavy atom. The van der Waals surface area contributed by atoms with Crippen molar-refractivity contribution in [3.05, 3.63) is 53.6 Å². The first-order valence-corrected chi connectivity index (χ1v) is 8.99. The zero-order valence-corrected chi connectivity index (χ0v) is 14.3. The van der Waals surface area contributed by atoms with E-state index in [9.17, 15) is 0 Å². The van der Waals surface area contributed by atoms with Gasteiger partial charge in [0.25, 0.3) is 0 Å². The molecule has 0 N–H and O–H groups in total. The van der Waals surface area contributed by atoms with Crippen LogP contribution in [0.4, 0.5) is 0 Å². The van der Waals surface area contributed by atoms with E-state index in [0.717, 1.165) is 6.54 Å². The highest BCUT2D eigenvalue weighted by atomic mass is 15.2. The number of aromatic nitrogens is 2.